The van der Waals surface area contributed by atoms with E-state index in [0.29, 0.717) is 65.4 Å². The maximum Gasteiger partial charge on any atom is 0.311 e. The largest absolute Gasteiger partial charge is 0.493 e. The van der Waals surface area contributed by atoms with E-state index in [9.17, 15) is 14.7 Å². The summed E-state index contributed by atoms with van der Waals surface area (Å²) in [5.74, 6) is -0.0293. The molecular formula is C29H27Cl2NO6. The summed E-state index contributed by atoms with van der Waals surface area (Å²) in [5, 5.41) is 13.4. The van der Waals surface area contributed by atoms with Crippen LogP contribution < -0.4 is 14.8 Å². The van der Waals surface area contributed by atoms with Crippen LogP contribution in [0, 0.1) is 5.92 Å². The van der Waals surface area contributed by atoms with Gasteiger partial charge in [0.2, 0.25) is 0 Å². The van der Waals surface area contributed by atoms with Gasteiger partial charge in [0.25, 0.3) is 5.91 Å². The minimum atomic E-state index is -0.915. The number of carbonyl (C=O) groups excluding carboxylic acids is 1. The van der Waals surface area contributed by atoms with Crippen molar-refractivity contribution in [1.82, 2.24) is 5.32 Å². The molecule has 0 saturated heterocycles. The standard InChI is InChI=1S/C29H27Cl2NO6/c30-20-7-3-17(4-8-20)13-27(37-16-18-1-2-18)32-28(33)19-5-9-21(10-6-19)38-26-15-25-23(14-24(26)31)22(29(34)35)11-12-36-25/h3-10,14-15,18,22,27H,1-2,11-13,16H2,(H,32,33)(H,34,35). The zero-order valence-corrected chi connectivity index (χ0v) is 22.0. The van der Waals surface area contributed by atoms with Gasteiger partial charge in [0.1, 0.15) is 23.5 Å². The molecule has 7 nitrogen and oxygen atoms in total. The van der Waals surface area contributed by atoms with Gasteiger partial charge in [-0.3, -0.25) is 9.59 Å². The van der Waals surface area contributed by atoms with Crippen molar-refractivity contribution in [3.05, 3.63) is 87.4 Å². The van der Waals surface area contributed by atoms with E-state index in [0.717, 1.165) is 18.4 Å². The van der Waals surface area contributed by atoms with E-state index < -0.39 is 18.1 Å². The van der Waals surface area contributed by atoms with E-state index >= 15 is 0 Å². The number of carboxylic acid groups (broad SMARTS) is 1. The fraction of sp³-hybridized carbons (Fsp3) is 0.310. The highest BCUT2D eigenvalue weighted by Crippen LogP contribution is 2.41. The molecule has 1 aliphatic carbocycles. The van der Waals surface area contributed by atoms with Crippen LogP contribution in [0.4, 0.5) is 0 Å². The van der Waals surface area contributed by atoms with Crippen molar-refractivity contribution in [2.45, 2.75) is 37.8 Å². The Morgan fingerprint density at radius 2 is 1.76 bits per heavy atom. The highest BCUT2D eigenvalue weighted by molar-refractivity contribution is 6.32. The Bertz CT molecular complexity index is 1310. The van der Waals surface area contributed by atoms with E-state index in [1.54, 1.807) is 36.4 Å². The number of halogens is 2. The Labute approximate surface area is 230 Å². The van der Waals surface area contributed by atoms with Crippen molar-refractivity contribution in [2.24, 2.45) is 5.92 Å². The molecule has 0 aromatic heterocycles. The van der Waals surface area contributed by atoms with Crippen LogP contribution in [0.1, 0.15) is 46.7 Å². The molecule has 1 aliphatic heterocycles. The number of carbonyl (C=O) groups is 2. The van der Waals surface area contributed by atoms with Gasteiger partial charge in [-0.15, -0.1) is 0 Å². The predicted octanol–water partition coefficient (Wildman–Crippen LogP) is 6.46. The molecule has 0 bridgehead atoms. The number of ether oxygens (including phenoxy) is 3. The number of hydrogen-bond donors (Lipinski definition) is 2. The second kappa shape index (κ2) is 11.6. The lowest BCUT2D eigenvalue weighted by Gasteiger charge is -2.24. The molecular weight excluding hydrogens is 529 g/mol. The summed E-state index contributed by atoms with van der Waals surface area (Å²) in [6.45, 7) is 0.919. The molecule has 1 fully saturated rings. The Morgan fingerprint density at radius 3 is 2.45 bits per heavy atom. The Hall–Kier alpha value is -3.26. The lowest BCUT2D eigenvalue weighted by molar-refractivity contribution is -0.139. The summed E-state index contributed by atoms with van der Waals surface area (Å²) >= 11 is 12.4. The minimum absolute atomic E-state index is 0.258. The van der Waals surface area contributed by atoms with Crippen molar-refractivity contribution in [1.29, 1.82) is 0 Å². The first-order valence-electron chi connectivity index (χ1n) is 12.5. The second-order valence-electron chi connectivity index (χ2n) is 9.54. The molecule has 2 N–H and O–H groups in total. The first kappa shape index (κ1) is 26.4. The summed E-state index contributed by atoms with van der Waals surface area (Å²) in [6.07, 6.45) is 2.75. The topological polar surface area (TPSA) is 94.1 Å². The summed E-state index contributed by atoms with van der Waals surface area (Å²) in [4.78, 5) is 24.5. The van der Waals surface area contributed by atoms with Gasteiger partial charge in [0.15, 0.2) is 0 Å². The third kappa shape index (κ3) is 6.59. The first-order chi connectivity index (χ1) is 18.4. The molecule has 0 spiro atoms. The normalized spacial score (nSPS) is 17.2. The Kier molecular flexibility index (Phi) is 8.07. The van der Waals surface area contributed by atoms with Gasteiger partial charge in [0, 0.05) is 28.6 Å². The third-order valence-corrected chi connectivity index (χ3v) is 7.15. The van der Waals surface area contributed by atoms with E-state index in [2.05, 4.69) is 5.32 Å². The Balaban J connectivity index is 1.24. The zero-order valence-electron chi connectivity index (χ0n) is 20.5. The van der Waals surface area contributed by atoms with E-state index in [4.69, 9.17) is 37.4 Å². The molecule has 9 heteroatoms. The van der Waals surface area contributed by atoms with Crippen molar-refractivity contribution in [2.75, 3.05) is 13.2 Å². The molecule has 1 amide bonds. The van der Waals surface area contributed by atoms with Gasteiger partial charge in [-0.05, 0) is 73.2 Å². The summed E-state index contributed by atoms with van der Waals surface area (Å²) in [6, 6.07) is 17.3. The first-order valence-corrected chi connectivity index (χ1v) is 13.2. The molecule has 2 unspecified atom stereocenters. The zero-order chi connectivity index (χ0) is 26.6. The fourth-order valence-electron chi connectivity index (χ4n) is 4.28. The van der Waals surface area contributed by atoms with Crippen molar-refractivity contribution in [3.8, 4) is 17.2 Å². The van der Waals surface area contributed by atoms with Crippen LogP contribution >= 0.6 is 23.2 Å². The molecule has 5 rings (SSSR count). The lowest BCUT2D eigenvalue weighted by Crippen LogP contribution is -2.39. The van der Waals surface area contributed by atoms with Gasteiger partial charge < -0.3 is 24.6 Å². The predicted molar refractivity (Wildman–Crippen MR) is 144 cm³/mol. The molecule has 198 valence electrons. The van der Waals surface area contributed by atoms with Crippen molar-refractivity contribution in [3.63, 3.8) is 0 Å². The molecule has 2 aliphatic rings. The number of benzene rings is 3. The van der Waals surface area contributed by atoms with Crippen LogP contribution in [0.2, 0.25) is 10.0 Å². The SMILES string of the molecule is O=C(NC(Cc1ccc(Cl)cc1)OCC1CC1)c1ccc(Oc2cc3c(cc2Cl)C(C(=O)O)CCO3)cc1. The molecule has 1 saturated carbocycles. The van der Waals surface area contributed by atoms with E-state index in [-0.39, 0.29) is 10.9 Å². The van der Waals surface area contributed by atoms with E-state index in [1.807, 2.05) is 24.3 Å². The van der Waals surface area contributed by atoms with Crippen molar-refractivity contribution < 1.29 is 28.9 Å². The van der Waals surface area contributed by atoms with Crippen LogP contribution in [0.3, 0.4) is 0 Å². The maximum absolute atomic E-state index is 13.0. The van der Waals surface area contributed by atoms with Crippen LogP contribution in [0.25, 0.3) is 0 Å². The monoisotopic (exact) mass is 555 g/mol. The number of hydrogen-bond acceptors (Lipinski definition) is 5. The highest BCUT2D eigenvalue weighted by atomic mass is 35.5. The van der Waals surface area contributed by atoms with Crippen molar-refractivity contribution >= 4 is 35.1 Å². The smallest absolute Gasteiger partial charge is 0.311 e. The van der Waals surface area contributed by atoms with Crippen LogP contribution in [0.5, 0.6) is 17.2 Å². The van der Waals surface area contributed by atoms with Crippen LogP contribution in [0.15, 0.2) is 60.7 Å². The van der Waals surface area contributed by atoms with Gasteiger partial charge >= 0.3 is 5.97 Å². The lowest BCUT2D eigenvalue weighted by atomic mass is 9.93. The number of fused-ring (bicyclic) bond motifs is 1. The summed E-state index contributed by atoms with van der Waals surface area (Å²) < 4.78 is 17.6. The van der Waals surface area contributed by atoms with Gasteiger partial charge in [-0.25, -0.2) is 0 Å². The van der Waals surface area contributed by atoms with Crippen LogP contribution in [-0.4, -0.2) is 36.4 Å². The van der Waals surface area contributed by atoms with E-state index in [1.165, 1.54) is 0 Å². The molecule has 2 atom stereocenters. The average Bonchev–Trinajstić information content (AvgIpc) is 3.73. The molecule has 1 heterocycles. The fourth-order valence-corrected chi connectivity index (χ4v) is 4.61. The van der Waals surface area contributed by atoms with Gasteiger partial charge in [-0.2, -0.15) is 0 Å². The summed E-state index contributed by atoms with van der Waals surface area (Å²) in [7, 11) is 0. The minimum Gasteiger partial charge on any atom is -0.493 e. The number of nitrogens with one attached hydrogen (secondary N) is 1. The number of carboxylic acids is 1. The molecule has 3 aromatic carbocycles. The van der Waals surface area contributed by atoms with Crippen LogP contribution in [-0.2, 0) is 16.0 Å². The number of amides is 1. The Morgan fingerprint density at radius 1 is 1.03 bits per heavy atom. The number of rotatable bonds is 10. The maximum atomic E-state index is 13.0. The third-order valence-electron chi connectivity index (χ3n) is 6.60. The second-order valence-corrected chi connectivity index (χ2v) is 10.4. The molecule has 0 radical (unpaired) electrons. The molecule has 3 aromatic rings. The van der Waals surface area contributed by atoms with Gasteiger partial charge in [0.05, 0.1) is 24.2 Å². The highest BCUT2D eigenvalue weighted by Gasteiger charge is 2.29. The average molecular weight is 556 g/mol. The molecule has 38 heavy (non-hydrogen) atoms. The summed E-state index contributed by atoms with van der Waals surface area (Å²) in [5.41, 5.74) is 2.00. The van der Waals surface area contributed by atoms with Gasteiger partial charge in [-0.1, -0.05) is 35.3 Å². The number of aliphatic carboxylic acids is 1. The quantitative estimate of drug-likeness (QED) is 0.279.